The second-order valence-corrected chi connectivity index (χ2v) is 4.50. The highest BCUT2D eigenvalue weighted by Crippen LogP contribution is 2.15. The molecule has 0 saturated heterocycles. The van der Waals surface area contributed by atoms with Crippen LogP contribution in [0.4, 0.5) is 20.6 Å². The average Bonchev–Trinajstić information content (AvgIpc) is 2.39. The molecule has 0 radical (unpaired) electrons. The van der Waals surface area contributed by atoms with Gasteiger partial charge in [-0.2, -0.15) is 0 Å². The minimum absolute atomic E-state index is 0.177. The second kappa shape index (κ2) is 6.06. The number of hydrogen-bond donors (Lipinski definition) is 3. The number of anilines is 2. The summed E-state index contributed by atoms with van der Waals surface area (Å²) < 4.78 is 13.0. The molecule has 0 aliphatic rings. The van der Waals surface area contributed by atoms with Gasteiger partial charge in [-0.25, -0.2) is 9.18 Å². The van der Waals surface area contributed by atoms with E-state index in [9.17, 15) is 9.18 Å². The molecule has 0 aliphatic carbocycles. The van der Waals surface area contributed by atoms with Gasteiger partial charge in [-0.3, -0.25) is 0 Å². The van der Waals surface area contributed by atoms with Crippen LogP contribution in [0.1, 0.15) is 18.5 Å². The third-order valence-corrected chi connectivity index (χ3v) is 2.87. The van der Waals surface area contributed by atoms with Crippen molar-refractivity contribution in [2.24, 2.45) is 0 Å². The van der Waals surface area contributed by atoms with E-state index in [1.807, 2.05) is 19.1 Å². The van der Waals surface area contributed by atoms with E-state index >= 15 is 0 Å². The molecule has 0 aliphatic heterocycles. The van der Waals surface area contributed by atoms with Crippen molar-refractivity contribution in [2.75, 3.05) is 11.1 Å². The molecule has 0 saturated carbocycles. The van der Waals surface area contributed by atoms with E-state index < -0.39 is 5.82 Å². The highest BCUT2D eigenvalue weighted by Gasteiger charge is 2.09. The third kappa shape index (κ3) is 3.71. The van der Waals surface area contributed by atoms with Crippen LogP contribution in [0.25, 0.3) is 0 Å². The maximum atomic E-state index is 13.0. The molecule has 2 rings (SSSR count). The third-order valence-electron chi connectivity index (χ3n) is 2.87. The molecule has 0 fully saturated rings. The van der Waals surface area contributed by atoms with Crippen LogP contribution in [0.2, 0.25) is 0 Å². The van der Waals surface area contributed by atoms with Crippen molar-refractivity contribution >= 4 is 17.4 Å². The number of hydrogen-bond acceptors (Lipinski definition) is 2. The number of urea groups is 1. The number of nitrogens with two attached hydrogens (primary N) is 1. The molecule has 2 aromatic rings. The first-order valence-corrected chi connectivity index (χ1v) is 6.23. The molecule has 20 heavy (non-hydrogen) atoms. The van der Waals surface area contributed by atoms with E-state index in [0.717, 1.165) is 5.56 Å². The van der Waals surface area contributed by atoms with E-state index in [1.54, 1.807) is 18.2 Å². The van der Waals surface area contributed by atoms with Gasteiger partial charge in [0.1, 0.15) is 5.82 Å². The quantitative estimate of drug-likeness (QED) is 0.751. The van der Waals surface area contributed by atoms with Gasteiger partial charge in [0, 0.05) is 11.4 Å². The number of amides is 2. The highest BCUT2D eigenvalue weighted by molar-refractivity contribution is 5.89. The molecule has 104 valence electrons. The van der Waals surface area contributed by atoms with Gasteiger partial charge in [0.25, 0.3) is 0 Å². The van der Waals surface area contributed by atoms with E-state index in [1.165, 1.54) is 18.2 Å². The minimum atomic E-state index is -0.394. The lowest BCUT2D eigenvalue weighted by atomic mass is 10.1. The molecule has 1 unspecified atom stereocenters. The molecular formula is C15H16FN3O. The van der Waals surface area contributed by atoms with Crippen LogP contribution in [0.3, 0.4) is 0 Å². The summed E-state index contributed by atoms with van der Waals surface area (Å²) in [4.78, 5) is 11.8. The van der Waals surface area contributed by atoms with Crippen LogP contribution in [0.15, 0.2) is 48.5 Å². The molecule has 0 spiro atoms. The Balaban J connectivity index is 1.95. The van der Waals surface area contributed by atoms with Crippen LogP contribution in [-0.2, 0) is 0 Å². The Labute approximate surface area is 116 Å². The van der Waals surface area contributed by atoms with Crippen LogP contribution >= 0.6 is 0 Å². The molecule has 2 amide bonds. The van der Waals surface area contributed by atoms with Crippen LogP contribution < -0.4 is 16.4 Å². The first-order valence-electron chi connectivity index (χ1n) is 6.23. The fourth-order valence-corrected chi connectivity index (χ4v) is 1.80. The number of carbonyl (C=O) groups excluding carboxylic acids is 1. The van der Waals surface area contributed by atoms with Crippen molar-refractivity contribution in [1.82, 2.24) is 5.32 Å². The molecule has 2 aromatic carbocycles. The first kappa shape index (κ1) is 13.9. The Bertz CT molecular complexity index is 598. The summed E-state index contributed by atoms with van der Waals surface area (Å²) in [6, 6.07) is 12.4. The number of nitrogen functional groups attached to an aromatic ring is 1. The Morgan fingerprint density at radius 2 is 1.90 bits per heavy atom. The molecule has 4 N–H and O–H groups in total. The van der Waals surface area contributed by atoms with Gasteiger partial charge in [0.05, 0.1) is 6.04 Å². The van der Waals surface area contributed by atoms with E-state index in [-0.39, 0.29) is 12.1 Å². The maximum Gasteiger partial charge on any atom is 0.319 e. The van der Waals surface area contributed by atoms with Crippen molar-refractivity contribution in [2.45, 2.75) is 13.0 Å². The summed E-state index contributed by atoms with van der Waals surface area (Å²) in [6.07, 6.45) is 0. The molecule has 0 aromatic heterocycles. The normalized spacial score (nSPS) is 11.7. The number of halogens is 1. The smallest absolute Gasteiger partial charge is 0.319 e. The van der Waals surface area contributed by atoms with Crippen molar-refractivity contribution in [3.8, 4) is 0 Å². The van der Waals surface area contributed by atoms with E-state index in [0.29, 0.717) is 11.4 Å². The van der Waals surface area contributed by atoms with Gasteiger partial charge in [0.2, 0.25) is 0 Å². The zero-order valence-electron chi connectivity index (χ0n) is 11.1. The maximum absolute atomic E-state index is 13.0. The van der Waals surface area contributed by atoms with Crippen LogP contribution in [0.5, 0.6) is 0 Å². The number of benzene rings is 2. The van der Waals surface area contributed by atoms with Crippen molar-refractivity contribution in [3.05, 3.63) is 59.9 Å². The summed E-state index contributed by atoms with van der Waals surface area (Å²) in [5.41, 5.74) is 7.63. The molecule has 4 nitrogen and oxygen atoms in total. The molecule has 0 bridgehead atoms. The Hall–Kier alpha value is -2.56. The standard InChI is InChI=1S/C15H16FN3O/c1-10(11-5-7-13(17)8-6-11)18-15(20)19-14-4-2-3-12(16)9-14/h2-10H,17H2,1H3,(H2,18,19,20). The minimum Gasteiger partial charge on any atom is -0.399 e. The van der Waals surface area contributed by atoms with E-state index in [2.05, 4.69) is 10.6 Å². The van der Waals surface area contributed by atoms with Crippen LogP contribution in [-0.4, -0.2) is 6.03 Å². The SMILES string of the molecule is CC(NC(=O)Nc1cccc(F)c1)c1ccc(N)cc1. The number of rotatable bonds is 3. The molecule has 5 heteroatoms. The van der Waals surface area contributed by atoms with Crippen molar-refractivity contribution < 1.29 is 9.18 Å². The van der Waals surface area contributed by atoms with Gasteiger partial charge in [-0.1, -0.05) is 18.2 Å². The molecule has 0 heterocycles. The Kier molecular flexibility index (Phi) is 4.20. The monoisotopic (exact) mass is 273 g/mol. The zero-order valence-corrected chi connectivity index (χ0v) is 11.1. The largest absolute Gasteiger partial charge is 0.399 e. The van der Waals surface area contributed by atoms with Gasteiger partial charge < -0.3 is 16.4 Å². The fourth-order valence-electron chi connectivity index (χ4n) is 1.80. The summed E-state index contributed by atoms with van der Waals surface area (Å²) in [5, 5.41) is 5.35. The average molecular weight is 273 g/mol. The Morgan fingerprint density at radius 1 is 1.20 bits per heavy atom. The predicted molar refractivity (Wildman–Crippen MR) is 77.8 cm³/mol. The Morgan fingerprint density at radius 3 is 2.55 bits per heavy atom. The number of carbonyl (C=O) groups is 1. The predicted octanol–water partition coefficient (Wildman–Crippen LogP) is 3.29. The van der Waals surface area contributed by atoms with Gasteiger partial charge in [-0.05, 0) is 42.8 Å². The van der Waals surface area contributed by atoms with Gasteiger partial charge in [-0.15, -0.1) is 0 Å². The number of nitrogens with one attached hydrogen (secondary N) is 2. The summed E-state index contributed by atoms with van der Waals surface area (Å²) in [5.74, 6) is -0.394. The topological polar surface area (TPSA) is 67.2 Å². The van der Waals surface area contributed by atoms with Gasteiger partial charge >= 0.3 is 6.03 Å². The molecule has 1 atom stereocenters. The van der Waals surface area contributed by atoms with E-state index in [4.69, 9.17) is 5.73 Å². The fraction of sp³-hybridized carbons (Fsp3) is 0.133. The summed E-state index contributed by atoms with van der Waals surface area (Å²) >= 11 is 0. The summed E-state index contributed by atoms with van der Waals surface area (Å²) in [6.45, 7) is 1.86. The lowest BCUT2D eigenvalue weighted by molar-refractivity contribution is 0.249. The lowest BCUT2D eigenvalue weighted by Crippen LogP contribution is -2.31. The second-order valence-electron chi connectivity index (χ2n) is 4.50. The van der Waals surface area contributed by atoms with Crippen LogP contribution in [0, 0.1) is 5.82 Å². The zero-order chi connectivity index (χ0) is 14.5. The van der Waals surface area contributed by atoms with Gasteiger partial charge in [0.15, 0.2) is 0 Å². The van der Waals surface area contributed by atoms with Crippen molar-refractivity contribution in [3.63, 3.8) is 0 Å². The van der Waals surface area contributed by atoms with Crippen molar-refractivity contribution in [1.29, 1.82) is 0 Å². The summed E-state index contributed by atoms with van der Waals surface area (Å²) in [7, 11) is 0. The molecular weight excluding hydrogens is 257 g/mol. The first-order chi connectivity index (χ1) is 9.54. The highest BCUT2D eigenvalue weighted by atomic mass is 19.1. The lowest BCUT2D eigenvalue weighted by Gasteiger charge is -2.15.